The van der Waals surface area contributed by atoms with Crippen molar-refractivity contribution in [3.05, 3.63) is 75.0 Å². The van der Waals surface area contributed by atoms with Gasteiger partial charge in [-0.3, -0.25) is 4.79 Å². The van der Waals surface area contributed by atoms with Gasteiger partial charge in [-0.1, -0.05) is 49.4 Å². The van der Waals surface area contributed by atoms with Crippen molar-refractivity contribution >= 4 is 17.1 Å². The van der Waals surface area contributed by atoms with Crippen molar-refractivity contribution in [1.82, 2.24) is 0 Å². The summed E-state index contributed by atoms with van der Waals surface area (Å²) in [6.45, 7) is 5.92. The minimum atomic E-state index is 0.190. The van der Waals surface area contributed by atoms with Crippen LogP contribution in [-0.2, 0) is 12.8 Å². The monoisotopic (exact) mass is 364 g/mol. The quantitative estimate of drug-likeness (QED) is 0.535. The Kier molecular flexibility index (Phi) is 5.58. The molecule has 134 valence electrons. The molecule has 0 atom stereocenters. The van der Waals surface area contributed by atoms with E-state index in [1.807, 2.05) is 44.2 Å². The van der Waals surface area contributed by atoms with Gasteiger partial charge in [-0.15, -0.1) is 11.3 Å². The van der Waals surface area contributed by atoms with Crippen LogP contribution in [0.5, 0.6) is 5.75 Å². The lowest BCUT2D eigenvalue weighted by Gasteiger charge is -2.07. The second kappa shape index (κ2) is 7.88. The molecule has 0 saturated carbocycles. The first kappa shape index (κ1) is 18.4. The molecule has 0 spiro atoms. The Labute approximate surface area is 159 Å². The van der Waals surface area contributed by atoms with E-state index in [0.29, 0.717) is 18.6 Å². The third-order valence-electron chi connectivity index (χ3n) is 4.68. The number of ketones is 1. The number of phenols is 1. The summed E-state index contributed by atoms with van der Waals surface area (Å²) in [4.78, 5) is 14.8. The minimum absolute atomic E-state index is 0.190. The molecule has 0 amide bonds. The van der Waals surface area contributed by atoms with E-state index in [9.17, 15) is 9.90 Å². The molecular weight excluding hydrogens is 340 g/mol. The first-order chi connectivity index (χ1) is 12.5. The van der Waals surface area contributed by atoms with Crippen molar-refractivity contribution in [2.24, 2.45) is 0 Å². The number of carbonyl (C=O) groups is 1. The van der Waals surface area contributed by atoms with Crippen molar-refractivity contribution < 1.29 is 9.90 Å². The number of thiophene rings is 1. The largest absolute Gasteiger partial charge is 0.507 e. The van der Waals surface area contributed by atoms with E-state index in [4.69, 9.17) is 0 Å². The summed E-state index contributed by atoms with van der Waals surface area (Å²) >= 11 is 1.62. The van der Waals surface area contributed by atoms with Gasteiger partial charge in [0.2, 0.25) is 0 Å². The number of hydrogen-bond acceptors (Lipinski definition) is 3. The lowest BCUT2D eigenvalue weighted by molar-refractivity contribution is 0.0986. The molecule has 3 aromatic rings. The molecule has 3 heteroatoms. The first-order valence-corrected chi connectivity index (χ1v) is 9.81. The third kappa shape index (κ3) is 3.88. The molecule has 0 radical (unpaired) electrons. The summed E-state index contributed by atoms with van der Waals surface area (Å²) in [6, 6.07) is 16.2. The van der Waals surface area contributed by atoms with E-state index < -0.39 is 0 Å². The van der Waals surface area contributed by atoms with Gasteiger partial charge in [0.15, 0.2) is 5.78 Å². The van der Waals surface area contributed by atoms with Gasteiger partial charge >= 0.3 is 0 Å². The molecule has 0 unspecified atom stereocenters. The Balaban J connectivity index is 1.77. The van der Waals surface area contributed by atoms with Crippen molar-refractivity contribution in [3.8, 4) is 16.9 Å². The normalized spacial score (nSPS) is 10.9. The molecular formula is C23H24O2S. The number of benzene rings is 2. The van der Waals surface area contributed by atoms with Gasteiger partial charge in [-0.2, -0.15) is 0 Å². The molecule has 2 nitrogen and oxygen atoms in total. The summed E-state index contributed by atoms with van der Waals surface area (Å²) < 4.78 is 0. The van der Waals surface area contributed by atoms with E-state index in [2.05, 4.69) is 25.1 Å². The molecule has 3 rings (SSSR count). The zero-order valence-electron chi connectivity index (χ0n) is 15.5. The zero-order valence-corrected chi connectivity index (χ0v) is 16.3. The van der Waals surface area contributed by atoms with E-state index in [1.54, 1.807) is 11.3 Å². The fourth-order valence-corrected chi connectivity index (χ4v) is 4.35. The van der Waals surface area contributed by atoms with Gasteiger partial charge in [-0.25, -0.2) is 0 Å². The highest BCUT2D eigenvalue weighted by Gasteiger charge is 2.15. The fourth-order valence-electron chi connectivity index (χ4n) is 3.26. The van der Waals surface area contributed by atoms with Crippen LogP contribution in [0.3, 0.4) is 0 Å². The molecule has 0 saturated heterocycles. The topological polar surface area (TPSA) is 37.3 Å². The van der Waals surface area contributed by atoms with Crippen molar-refractivity contribution in [2.45, 2.75) is 40.0 Å². The number of carbonyl (C=O) groups excluding carboxylic acids is 1. The van der Waals surface area contributed by atoms with Crippen LogP contribution in [0.2, 0.25) is 0 Å². The average Bonchev–Trinajstić information content (AvgIpc) is 3.09. The Bertz CT molecular complexity index is 900. The van der Waals surface area contributed by atoms with E-state index in [-0.39, 0.29) is 5.78 Å². The van der Waals surface area contributed by atoms with Crippen LogP contribution in [-0.4, -0.2) is 10.9 Å². The van der Waals surface area contributed by atoms with Gasteiger partial charge in [0.25, 0.3) is 0 Å². The van der Waals surface area contributed by atoms with E-state index >= 15 is 0 Å². The molecule has 0 aliphatic carbocycles. The van der Waals surface area contributed by atoms with Gasteiger partial charge in [0.05, 0.1) is 4.88 Å². The van der Waals surface area contributed by atoms with Crippen molar-refractivity contribution in [3.63, 3.8) is 0 Å². The molecule has 1 aromatic heterocycles. The molecule has 1 heterocycles. The van der Waals surface area contributed by atoms with Crippen molar-refractivity contribution in [1.29, 1.82) is 0 Å². The van der Waals surface area contributed by atoms with Crippen molar-refractivity contribution in [2.75, 3.05) is 0 Å². The second-order valence-corrected chi connectivity index (χ2v) is 7.81. The summed E-state index contributed by atoms with van der Waals surface area (Å²) in [5.74, 6) is 0.536. The predicted molar refractivity (Wildman–Crippen MR) is 109 cm³/mol. The first-order valence-electron chi connectivity index (χ1n) is 9.00. The lowest BCUT2D eigenvalue weighted by Crippen LogP contribution is -1.99. The van der Waals surface area contributed by atoms with Gasteiger partial charge < -0.3 is 5.11 Å². The van der Waals surface area contributed by atoms with Crippen LogP contribution in [0.1, 0.15) is 44.6 Å². The summed E-state index contributed by atoms with van der Waals surface area (Å²) in [5.41, 5.74) is 5.18. The number of hydrogen-bond donors (Lipinski definition) is 1. The van der Waals surface area contributed by atoms with E-state index in [1.165, 1.54) is 16.0 Å². The lowest BCUT2D eigenvalue weighted by atomic mass is 10.0. The molecule has 0 bridgehead atoms. The maximum Gasteiger partial charge on any atom is 0.173 e. The number of Topliss-reactive ketones (excluding diaryl/α,β-unsaturated/α-hetero) is 1. The zero-order chi connectivity index (χ0) is 18.7. The second-order valence-electron chi connectivity index (χ2n) is 6.67. The average molecular weight is 365 g/mol. The molecule has 26 heavy (non-hydrogen) atoms. The minimum Gasteiger partial charge on any atom is -0.507 e. The predicted octanol–water partition coefficient (Wildman–Crippen LogP) is 6.12. The Morgan fingerprint density at radius 3 is 2.31 bits per heavy atom. The molecule has 0 aliphatic rings. The number of aromatic hydroxyl groups is 1. The van der Waals surface area contributed by atoms with Crippen LogP contribution >= 0.6 is 11.3 Å². The fraction of sp³-hybridized carbons (Fsp3) is 0.261. The summed E-state index contributed by atoms with van der Waals surface area (Å²) in [5, 5.41) is 9.89. The molecule has 2 aromatic carbocycles. The SMILES string of the molecule is CCc1sc(C(=O)CCc2cc(C)c(O)c(C)c2)cc1-c1ccccc1. The number of phenolic OH excluding ortho intramolecular Hbond substituents is 1. The van der Waals surface area contributed by atoms with Gasteiger partial charge in [0.1, 0.15) is 5.75 Å². The maximum atomic E-state index is 12.7. The summed E-state index contributed by atoms with van der Waals surface area (Å²) in [7, 11) is 0. The summed E-state index contributed by atoms with van der Waals surface area (Å²) in [6.07, 6.45) is 2.11. The molecule has 0 aliphatic heterocycles. The highest BCUT2D eigenvalue weighted by Crippen LogP contribution is 2.33. The van der Waals surface area contributed by atoms with Gasteiger partial charge in [-0.05, 0) is 60.6 Å². The Morgan fingerprint density at radius 2 is 1.69 bits per heavy atom. The highest BCUT2D eigenvalue weighted by atomic mass is 32.1. The smallest absolute Gasteiger partial charge is 0.173 e. The van der Waals surface area contributed by atoms with E-state index in [0.717, 1.165) is 28.0 Å². The third-order valence-corrected chi connectivity index (χ3v) is 6.00. The number of aryl methyl sites for hydroxylation is 4. The standard InChI is InChI=1S/C23H24O2S/c1-4-21-19(18-8-6-5-7-9-18)14-22(26-21)20(24)11-10-17-12-15(2)23(25)16(3)13-17/h5-9,12-14,25H,4,10-11H2,1-3H3. The van der Waals surface area contributed by atoms with Crippen LogP contribution in [0.4, 0.5) is 0 Å². The number of rotatable bonds is 6. The maximum absolute atomic E-state index is 12.7. The molecule has 1 N–H and O–H groups in total. The van der Waals surface area contributed by atoms with Gasteiger partial charge in [0, 0.05) is 11.3 Å². The van der Waals surface area contributed by atoms with Crippen LogP contribution < -0.4 is 0 Å². The molecule has 0 fully saturated rings. The Hall–Kier alpha value is -2.39. The Morgan fingerprint density at radius 1 is 1.04 bits per heavy atom. The van der Waals surface area contributed by atoms with Crippen LogP contribution in [0.25, 0.3) is 11.1 Å². The van der Waals surface area contributed by atoms with Crippen LogP contribution in [0, 0.1) is 13.8 Å². The highest BCUT2D eigenvalue weighted by molar-refractivity contribution is 7.14. The van der Waals surface area contributed by atoms with Crippen LogP contribution in [0.15, 0.2) is 48.5 Å².